The van der Waals surface area contributed by atoms with Crippen molar-refractivity contribution in [3.05, 3.63) is 76.1 Å². The largest absolute Gasteiger partial charge is 0.489 e. The number of rotatable bonds is 5. The van der Waals surface area contributed by atoms with Crippen LogP contribution in [0.5, 0.6) is 17.2 Å². The highest BCUT2D eigenvalue weighted by atomic mass is 35.5. The molecule has 0 atom stereocenters. The van der Waals surface area contributed by atoms with E-state index in [0.29, 0.717) is 0 Å². The van der Waals surface area contributed by atoms with Gasteiger partial charge in [0.1, 0.15) is 23.7 Å². The van der Waals surface area contributed by atoms with Gasteiger partial charge in [-0.15, -0.1) is 0 Å². The van der Waals surface area contributed by atoms with Crippen LogP contribution in [0, 0.1) is 0 Å². The lowest BCUT2D eigenvalue weighted by Gasteiger charge is -2.14. The average Bonchev–Trinajstić information content (AvgIpc) is 2.62. The van der Waals surface area contributed by atoms with Gasteiger partial charge in [0.25, 0.3) is 5.76 Å². The van der Waals surface area contributed by atoms with Gasteiger partial charge in [-0.1, -0.05) is 36.4 Å². The van der Waals surface area contributed by atoms with Crippen molar-refractivity contribution < 1.29 is 27.1 Å². The van der Waals surface area contributed by atoms with Crippen molar-refractivity contribution in [3.8, 4) is 17.2 Å². The third kappa shape index (κ3) is 3.93. The van der Waals surface area contributed by atoms with Crippen LogP contribution in [-0.4, -0.2) is 6.61 Å². The summed E-state index contributed by atoms with van der Waals surface area (Å²) >= 11 is 5.92. The van der Waals surface area contributed by atoms with Gasteiger partial charge in [0.2, 0.25) is 11.2 Å². The van der Waals surface area contributed by atoms with Crippen LogP contribution < -0.4 is 14.9 Å². The normalized spacial score (nSPS) is 11.4. The number of hydrogen-bond donors (Lipinski definition) is 0. The van der Waals surface area contributed by atoms with Crippen LogP contribution in [-0.2, 0) is 6.18 Å². The molecular formula is C19H12ClF3O4. The number of benzene rings is 2. The number of hydrogen-bond acceptors (Lipinski definition) is 4. The molecular weight excluding hydrogens is 385 g/mol. The van der Waals surface area contributed by atoms with Crippen molar-refractivity contribution >= 4 is 22.6 Å². The Morgan fingerprint density at radius 1 is 1.19 bits per heavy atom. The Bertz CT molecular complexity index is 1060. The van der Waals surface area contributed by atoms with Gasteiger partial charge < -0.3 is 13.9 Å². The molecule has 0 amide bonds. The average molecular weight is 397 g/mol. The minimum absolute atomic E-state index is 0.0540. The Morgan fingerprint density at radius 3 is 2.59 bits per heavy atom. The van der Waals surface area contributed by atoms with E-state index in [9.17, 15) is 18.0 Å². The Morgan fingerprint density at radius 2 is 1.93 bits per heavy atom. The molecule has 3 aromatic rings. The molecule has 0 aliphatic heterocycles. The summed E-state index contributed by atoms with van der Waals surface area (Å²) in [5, 5.41) is -0.0331. The van der Waals surface area contributed by atoms with E-state index in [0.717, 1.165) is 0 Å². The number of halogens is 4. The maximum atomic E-state index is 13.5. The predicted octanol–water partition coefficient (Wildman–Crippen LogP) is 5.82. The van der Waals surface area contributed by atoms with Gasteiger partial charge in [-0.3, -0.25) is 4.79 Å². The zero-order valence-corrected chi connectivity index (χ0v) is 14.4. The van der Waals surface area contributed by atoms with Crippen molar-refractivity contribution in [2.24, 2.45) is 0 Å². The first kappa shape index (κ1) is 18.8. The molecule has 4 nitrogen and oxygen atoms in total. The second-order valence-electron chi connectivity index (χ2n) is 5.38. The molecule has 8 heteroatoms. The van der Waals surface area contributed by atoms with Crippen LogP contribution in [0.15, 0.2) is 64.3 Å². The molecule has 0 fully saturated rings. The van der Waals surface area contributed by atoms with Crippen molar-refractivity contribution in [2.45, 2.75) is 6.18 Å². The van der Waals surface area contributed by atoms with E-state index < -0.39 is 23.1 Å². The Kier molecular flexibility index (Phi) is 5.14. The first-order valence-electron chi connectivity index (χ1n) is 7.65. The third-order valence-corrected chi connectivity index (χ3v) is 3.81. The first-order valence-corrected chi connectivity index (χ1v) is 8.03. The number of para-hydroxylation sites is 1. The van der Waals surface area contributed by atoms with Crippen molar-refractivity contribution in [3.63, 3.8) is 0 Å². The fourth-order valence-electron chi connectivity index (χ4n) is 2.32. The van der Waals surface area contributed by atoms with E-state index in [1.165, 1.54) is 42.5 Å². The third-order valence-electron chi connectivity index (χ3n) is 3.50. The second kappa shape index (κ2) is 7.36. The van der Waals surface area contributed by atoms with Crippen LogP contribution in [0.2, 0.25) is 5.02 Å². The van der Waals surface area contributed by atoms with E-state index in [2.05, 4.69) is 6.58 Å². The van der Waals surface area contributed by atoms with Crippen molar-refractivity contribution in [1.29, 1.82) is 0 Å². The molecule has 140 valence electrons. The lowest BCUT2D eigenvalue weighted by molar-refractivity contribution is -0.154. The predicted molar refractivity (Wildman–Crippen MR) is 94.7 cm³/mol. The molecule has 0 spiro atoms. The maximum absolute atomic E-state index is 13.5. The van der Waals surface area contributed by atoms with E-state index >= 15 is 0 Å². The molecule has 2 aromatic carbocycles. The van der Waals surface area contributed by atoms with Gasteiger partial charge in [0, 0.05) is 6.07 Å². The minimum atomic E-state index is -4.96. The number of alkyl halides is 3. The van der Waals surface area contributed by atoms with Gasteiger partial charge >= 0.3 is 6.18 Å². The highest BCUT2D eigenvalue weighted by molar-refractivity contribution is 6.32. The Labute approximate surface area is 156 Å². The fourth-order valence-corrected chi connectivity index (χ4v) is 2.49. The summed E-state index contributed by atoms with van der Waals surface area (Å²) < 4.78 is 55.8. The molecule has 0 radical (unpaired) electrons. The fraction of sp³-hybridized carbons (Fsp3) is 0.105. The summed E-state index contributed by atoms with van der Waals surface area (Å²) in [7, 11) is 0. The van der Waals surface area contributed by atoms with E-state index in [-0.39, 0.29) is 34.1 Å². The van der Waals surface area contributed by atoms with Crippen molar-refractivity contribution in [2.75, 3.05) is 6.61 Å². The minimum Gasteiger partial charge on any atom is -0.489 e. The zero-order valence-electron chi connectivity index (χ0n) is 13.7. The lowest BCUT2D eigenvalue weighted by atomic mass is 10.2. The van der Waals surface area contributed by atoms with Gasteiger partial charge in [0.15, 0.2) is 0 Å². The molecule has 3 rings (SSSR count). The van der Waals surface area contributed by atoms with E-state index in [4.69, 9.17) is 25.5 Å². The topological polar surface area (TPSA) is 48.7 Å². The van der Waals surface area contributed by atoms with Crippen LogP contribution >= 0.6 is 11.6 Å². The van der Waals surface area contributed by atoms with Gasteiger partial charge in [0.05, 0.1) is 10.4 Å². The summed E-state index contributed by atoms with van der Waals surface area (Å²) in [5.41, 5.74) is -1.25. The van der Waals surface area contributed by atoms with Crippen LogP contribution in [0.3, 0.4) is 0 Å². The molecule has 0 N–H and O–H groups in total. The highest BCUT2D eigenvalue weighted by Crippen LogP contribution is 2.39. The van der Waals surface area contributed by atoms with E-state index in [1.54, 1.807) is 6.07 Å². The summed E-state index contributed by atoms with van der Waals surface area (Å²) in [6.45, 7) is 3.63. The molecule has 0 unspecified atom stereocenters. The smallest absolute Gasteiger partial charge is 0.453 e. The summed E-state index contributed by atoms with van der Waals surface area (Å²) in [5.74, 6) is -2.40. The molecule has 0 bridgehead atoms. The molecule has 27 heavy (non-hydrogen) atoms. The molecule has 1 aromatic heterocycles. The van der Waals surface area contributed by atoms with Gasteiger partial charge in [-0.2, -0.15) is 13.2 Å². The van der Waals surface area contributed by atoms with Gasteiger partial charge in [-0.05, 0) is 24.3 Å². The first-order chi connectivity index (χ1) is 12.8. The lowest BCUT2D eigenvalue weighted by Crippen LogP contribution is -2.15. The van der Waals surface area contributed by atoms with E-state index in [1.807, 2.05) is 0 Å². The molecule has 0 aliphatic carbocycles. The van der Waals surface area contributed by atoms with Crippen LogP contribution in [0.25, 0.3) is 11.0 Å². The monoisotopic (exact) mass is 396 g/mol. The Hall–Kier alpha value is -2.93. The maximum Gasteiger partial charge on any atom is 0.453 e. The SMILES string of the molecule is C=CCOc1ccc2c(=O)c(Oc3ccccc3Cl)c(C(F)(F)F)oc2c1. The van der Waals surface area contributed by atoms with Gasteiger partial charge in [-0.25, -0.2) is 0 Å². The summed E-state index contributed by atoms with van der Waals surface area (Å²) in [6.07, 6.45) is -3.48. The molecule has 0 saturated heterocycles. The summed E-state index contributed by atoms with van der Waals surface area (Å²) in [4.78, 5) is 12.7. The molecule has 0 aliphatic rings. The van der Waals surface area contributed by atoms with Crippen LogP contribution in [0.4, 0.5) is 13.2 Å². The number of fused-ring (bicyclic) bond motifs is 1. The Balaban J connectivity index is 2.19. The van der Waals surface area contributed by atoms with Crippen molar-refractivity contribution in [1.82, 2.24) is 0 Å². The quantitative estimate of drug-likeness (QED) is 0.510. The number of ether oxygens (including phenoxy) is 2. The summed E-state index contributed by atoms with van der Waals surface area (Å²) in [6, 6.07) is 9.81. The molecule has 1 heterocycles. The molecule has 0 saturated carbocycles. The zero-order chi connectivity index (χ0) is 19.6. The van der Waals surface area contributed by atoms with Crippen LogP contribution in [0.1, 0.15) is 5.76 Å². The standard InChI is InChI=1S/C19H12ClF3O4/c1-2-9-25-11-7-8-12-15(10-11)27-18(19(21,22)23)17(16(12)24)26-14-6-4-3-5-13(14)20/h2-8,10H,1,9H2. The second-order valence-corrected chi connectivity index (χ2v) is 5.78. The highest BCUT2D eigenvalue weighted by Gasteiger charge is 2.40.